The van der Waals surface area contributed by atoms with Gasteiger partial charge in [-0.05, 0) is 49.1 Å². The van der Waals surface area contributed by atoms with Crippen molar-refractivity contribution in [3.05, 3.63) is 70.0 Å². The number of aryl methyl sites for hydroxylation is 2. The van der Waals surface area contributed by atoms with E-state index in [0.29, 0.717) is 10.6 Å². The van der Waals surface area contributed by atoms with Crippen LogP contribution in [0, 0.1) is 13.8 Å². The number of hydrogen-bond acceptors (Lipinski definition) is 4. The van der Waals surface area contributed by atoms with Crippen molar-refractivity contribution < 1.29 is 4.79 Å². The number of carbonyl (C=O) groups excluding carboxylic acids is 1. The molecule has 0 aliphatic carbocycles. The molecule has 2 N–H and O–H groups in total. The van der Waals surface area contributed by atoms with Gasteiger partial charge >= 0.3 is 0 Å². The Morgan fingerprint density at radius 3 is 2.65 bits per heavy atom. The highest BCUT2D eigenvalue weighted by atomic mass is 32.1. The van der Waals surface area contributed by atoms with Gasteiger partial charge in [-0.1, -0.05) is 23.8 Å². The lowest BCUT2D eigenvalue weighted by atomic mass is 10.1. The molecular formula is C18H17N3OS. The zero-order valence-electron chi connectivity index (χ0n) is 13.0. The summed E-state index contributed by atoms with van der Waals surface area (Å²) in [7, 11) is 0. The first kappa shape index (κ1) is 15.2. The smallest absolute Gasteiger partial charge is 0.265 e. The summed E-state index contributed by atoms with van der Waals surface area (Å²) < 4.78 is 0. The van der Waals surface area contributed by atoms with E-state index in [4.69, 9.17) is 0 Å². The number of thiophene rings is 1. The molecule has 0 saturated carbocycles. The Morgan fingerprint density at radius 1 is 1.13 bits per heavy atom. The minimum Gasteiger partial charge on any atom is -0.340 e. The van der Waals surface area contributed by atoms with Gasteiger partial charge in [0.2, 0.25) is 0 Å². The van der Waals surface area contributed by atoms with Crippen LogP contribution < -0.4 is 10.6 Å². The minimum absolute atomic E-state index is 0.114. The van der Waals surface area contributed by atoms with Crippen LogP contribution in [0.25, 0.3) is 0 Å². The van der Waals surface area contributed by atoms with Crippen LogP contribution in [-0.2, 0) is 0 Å². The van der Waals surface area contributed by atoms with Crippen molar-refractivity contribution in [1.82, 2.24) is 4.98 Å². The summed E-state index contributed by atoms with van der Waals surface area (Å²) in [4.78, 5) is 17.0. The Kier molecular flexibility index (Phi) is 4.39. The first-order valence-corrected chi connectivity index (χ1v) is 8.15. The van der Waals surface area contributed by atoms with Crippen molar-refractivity contribution in [3.63, 3.8) is 0 Å². The van der Waals surface area contributed by atoms with Gasteiger partial charge in [-0.25, -0.2) is 4.98 Å². The average Bonchev–Trinajstić information content (AvgIpc) is 3.06. The Bertz CT molecular complexity index is 811. The first-order valence-electron chi connectivity index (χ1n) is 7.27. The molecule has 0 spiro atoms. The van der Waals surface area contributed by atoms with Crippen LogP contribution in [0.1, 0.15) is 20.8 Å². The van der Waals surface area contributed by atoms with Crippen molar-refractivity contribution in [2.75, 3.05) is 10.6 Å². The number of hydrogen-bond donors (Lipinski definition) is 2. The van der Waals surface area contributed by atoms with Crippen molar-refractivity contribution >= 4 is 34.4 Å². The average molecular weight is 323 g/mol. The molecule has 0 radical (unpaired) electrons. The molecule has 2 heterocycles. The summed E-state index contributed by atoms with van der Waals surface area (Å²) in [5, 5.41) is 8.00. The molecule has 23 heavy (non-hydrogen) atoms. The molecule has 0 aliphatic heterocycles. The molecule has 0 saturated heterocycles. The van der Waals surface area contributed by atoms with E-state index in [-0.39, 0.29) is 5.91 Å². The van der Waals surface area contributed by atoms with E-state index in [1.165, 1.54) is 22.5 Å². The second-order valence-corrected chi connectivity index (χ2v) is 6.25. The lowest BCUT2D eigenvalue weighted by molar-refractivity contribution is 0.103. The Labute approximate surface area is 139 Å². The van der Waals surface area contributed by atoms with E-state index in [2.05, 4.69) is 41.6 Å². The Morgan fingerprint density at radius 2 is 2.00 bits per heavy atom. The third kappa shape index (κ3) is 3.76. The highest BCUT2D eigenvalue weighted by molar-refractivity contribution is 7.12. The van der Waals surface area contributed by atoms with Gasteiger partial charge in [-0.2, -0.15) is 0 Å². The van der Waals surface area contributed by atoms with Crippen molar-refractivity contribution in [2.45, 2.75) is 13.8 Å². The summed E-state index contributed by atoms with van der Waals surface area (Å²) >= 11 is 1.41. The van der Waals surface area contributed by atoms with Gasteiger partial charge in [-0.15, -0.1) is 11.3 Å². The third-order valence-electron chi connectivity index (χ3n) is 3.41. The van der Waals surface area contributed by atoms with Crippen molar-refractivity contribution in [2.24, 2.45) is 0 Å². The minimum atomic E-state index is -0.114. The second-order valence-electron chi connectivity index (χ2n) is 5.31. The largest absolute Gasteiger partial charge is 0.340 e. The van der Waals surface area contributed by atoms with Crippen LogP contribution in [0.4, 0.5) is 17.2 Å². The molecule has 3 rings (SSSR count). The summed E-state index contributed by atoms with van der Waals surface area (Å²) in [6.07, 6.45) is 1.65. The van der Waals surface area contributed by atoms with Gasteiger partial charge < -0.3 is 10.6 Å². The van der Waals surface area contributed by atoms with Crippen LogP contribution in [0.5, 0.6) is 0 Å². The number of pyridine rings is 1. The molecule has 1 amide bonds. The number of rotatable bonds is 4. The number of anilines is 3. The fourth-order valence-corrected chi connectivity index (χ4v) is 2.85. The van der Waals surface area contributed by atoms with Gasteiger partial charge in [0.1, 0.15) is 5.82 Å². The summed E-state index contributed by atoms with van der Waals surface area (Å²) in [6.45, 7) is 4.13. The second kappa shape index (κ2) is 6.62. The predicted octanol–water partition coefficient (Wildman–Crippen LogP) is 4.76. The molecule has 2 aromatic heterocycles. The molecule has 0 unspecified atom stereocenters. The lowest BCUT2D eigenvalue weighted by Crippen LogP contribution is -2.10. The summed E-state index contributed by atoms with van der Waals surface area (Å²) in [6, 6.07) is 13.6. The Balaban J connectivity index is 1.68. The van der Waals surface area contributed by atoms with Crippen LogP contribution in [0.15, 0.2) is 54.0 Å². The maximum Gasteiger partial charge on any atom is 0.265 e. The molecule has 1 aromatic carbocycles. The van der Waals surface area contributed by atoms with E-state index in [1.54, 1.807) is 12.3 Å². The van der Waals surface area contributed by atoms with Gasteiger partial charge in [0.25, 0.3) is 5.91 Å². The van der Waals surface area contributed by atoms with Crippen LogP contribution >= 0.6 is 11.3 Å². The van der Waals surface area contributed by atoms with E-state index >= 15 is 0 Å². The maximum absolute atomic E-state index is 12.0. The third-order valence-corrected chi connectivity index (χ3v) is 4.28. The summed E-state index contributed by atoms with van der Waals surface area (Å²) in [5.41, 5.74) is 4.10. The number of benzene rings is 1. The predicted molar refractivity (Wildman–Crippen MR) is 95.7 cm³/mol. The fraction of sp³-hybridized carbons (Fsp3) is 0.111. The summed E-state index contributed by atoms with van der Waals surface area (Å²) in [5.74, 6) is 0.628. The normalized spacial score (nSPS) is 10.3. The van der Waals surface area contributed by atoms with E-state index in [0.717, 1.165) is 11.5 Å². The molecule has 0 aliphatic rings. The van der Waals surface area contributed by atoms with Crippen LogP contribution in [0.2, 0.25) is 0 Å². The van der Waals surface area contributed by atoms with Crippen molar-refractivity contribution in [1.29, 1.82) is 0 Å². The molecule has 5 heteroatoms. The highest BCUT2D eigenvalue weighted by Crippen LogP contribution is 2.21. The molecule has 116 valence electrons. The number of amides is 1. The molecule has 3 aromatic rings. The number of nitrogens with one attached hydrogen (secondary N) is 2. The van der Waals surface area contributed by atoms with E-state index in [9.17, 15) is 4.79 Å². The van der Waals surface area contributed by atoms with Gasteiger partial charge in [-0.3, -0.25) is 4.79 Å². The first-order chi connectivity index (χ1) is 11.1. The SMILES string of the molecule is Cc1ccc(Nc2ccc(NC(=O)c3cccs3)cn2)c(C)c1. The zero-order valence-corrected chi connectivity index (χ0v) is 13.8. The molecular weight excluding hydrogens is 306 g/mol. The molecule has 0 atom stereocenters. The molecule has 0 fully saturated rings. The van der Waals surface area contributed by atoms with E-state index < -0.39 is 0 Å². The number of nitrogens with zero attached hydrogens (tertiary/aromatic N) is 1. The van der Waals surface area contributed by atoms with Crippen LogP contribution in [-0.4, -0.2) is 10.9 Å². The maximum atomic E-state index is 12.0. The topological polar surface area (TPSA) is 54.0 Å². The van der Waals surface area contributed by atoms with E-state index in [1.807, 2.05) is 29.6 Å². The zero-order chi connectivity index (χ0) is 16.2. The quantitative estimate of drug-likeness (QED) is 0.728. The molecule has 4 nitrogen and oxygen atoms in total. The fourth-order valence-electron chi connectivity index (χ4n) is 2.23. The highest BCUT2D eigenvalue weighted by Gasteiger charge is 2.07. The van der Waals surface area contributed by atoms with Crippen LogP contribution in [0.3, 0.4) is 0 Å². The van der Waals surface area contributed by atoms with Gasteiger partial charge in [0, 0.05) is 5.69 Å². The number of aromatic nitrogens is 1. The van der Waals surface area contributed by atoms with Gasteiger partial charge in [0.15, 0.2) is 0 Å². The standard InChI is InChI=1S/C18H17N3OS/c1-12-5-7-15(13(2)10-12)21-17-8-6-14(11-19-17)20-18(22)16-4-3-9-23-16/h3-11H,1-2H3,(H,19,21)(H,20,22). The monoisotopic (exact) mass is 323 g/mol. The van der Waals surface area contributed by atoms with Gasteiger partial charge in [0.05, 0.1) is 16.8 Å². The molecule has 0 bridgehead atoms. The Hall–Kier alpha value is -2.66. The lowest BCUT2D eigenvalue weighted by Gasteiger charge is -2.10. The number of carbonyl (C=O) groups is 1. The van der Waals surface area contributed by atoms with Crippen molar-refractivity contribution in [3.8, 4) is 0 Å².